The van der Waals surface area contributed by atoms with Crippen molar-refractivity contribution in [3.05, 3.63) is 104 Å². The van der Waals surface area contributed by atoms with Crippen molar-refractivity contribution in [1.82, 2.24) is 5.43 Å². The normalized spacial score (nSPS) is 10.7. The van der Waals surface area contributed by atoms with E-state index in [0.29, 0.717) is 16.3 Å². The van der Waals surface area contributed by atoms with E-state index < -0.39 is 10.8 Å². The molecule has 0 aromatic heterocycles. The van der Waals surface area contributed by atoms with Gasteiger partial charge in [-0.25, -0.2) is 5.43 Å². The highest BCUT2D eigenvalue weighted by Crippen LogP contribution is 2.21. The number of nitro benzene ring substituents is 1. The van der Waals surface area contributed by atoms with Gasteiger partial charge in [0.1, 0.15) is 12.4 Å². The number of hydrogen-bond donors (Lipinski definition) is 1. The number of carbonyl (C=O) groups is 1. The van der Waals surface area contributed by atoms with Crippen LogP contribution in [0.4, 0.5) is 5.69 Å². The lowest BCUT2D eigenvalue weighted by atomic mass is 10.2. The molecular formula is C21H15Cl2N3O4. The Morgan fingerprint density at radius 2 is 1.87 bits per heavy atom. The Morgan fingerprint density at radius 3 is 2.57 bits per heavy atom. The van der Waals surface area contributed by atoms with Gasteiger partial charge in [0, 0.05) is 17.2 Å². The van der Waals surface area contributed by atoms with Gasteiger partial charge in [-0.3, -0.25) is 14.9 Å². The number of nitrogens with zero attached hydrogens (tertiary/aromatic N) is 2. The van der Waals surface area contributed by atoms with E-state index in [2.05, 4.69) is 10.5 Å². The van der Waals surface area contributed by atoms with Gasteiger partial charge in [0.15, 0.2) is 0 Å². The highest BCUT2D eigenvalue weighted by molar-refractivity contribution is 6.36. The lowest BCUT2D eigenvalue weighted by Gasteiger charge is -2.07. The molecule has 0 aliphatic rings. The molecule has 3 aromatic rings. The Balaban J connectivity index is 1.58. The van der Waals surface area contributed by atoms with Gasteiger partial charge >= 0.3 is 0 Å². The van der Waals surface area contributed by atoms with Gasteiger partial charge in [-0.05, 0) is 53.6 Å². The van der Waals surface area contributed by atoms with Crippen molar-refractivity contribution in [1.29, 1.82) is 0 Å². The van der Waals surface area contributed by atoms with Crippen LogP contribution in [0.5, 0.6) is 5.75 Å². The predicted octanol–water partition coefficient (Wildman–Crippen LogP) is 5.24. The van der Waals surface area contributed by atoms with Crippen LogP contribution in [0, 0.1) is 10.1 Å². The van der Waals surface area contributed by atoms with Crippen LogP contribution in [-0.4, -0.2) is 17.0 Å². The molecule has 0 bridgehead atoms. The van der Waals surface area contributed by atoms with Crippen LogP contribution >= 0.6 is 23.2 Å². The van der Waals surface area contributed by atoms with Crippen LogP contribution in [0.3, 0.4) is 0 Å². The Bertz CT molecular complexity index is 1100. The number of halogens is 2. The van der Waals surface area contributed by atoms with Crippen molar-refractivity contribution >= 4 is 41.0 Å². The maximum absolute atomic E-state index is 12.1. The highest BCUT2D eigenvalue weighted by atomic mass is 35.5. The zero-order valence-electron chi connectivity index (χ0n) is 15.4. The zero-order chi connectivity index (χ0) is 21.5. The Morgan fingerprint density at radius 1 is 1.10 bits per heavy atom. The standard InChI is InChI=1S/C21H15Cl2N3O4/c22-16-6-9-19(20(23)11-16)21(27)25-24-12-15-2-1-3-18(10-15)30-13-14-4-7-17(8-5-14)26(28)29/h1-12H,13H2,(H,25,27)/b24-12-. The van der Waals surface area contributed by atoms with Gasteiger partial charge in [0.2, 0.25) is 0 Å². The Hall–Kier alpha value is -3.42. The fourth-order valence-electron chi connectivity index (χ4n) is 2.46. The van der Waals surface area contributed by atoms with Crippen LogP contribution in [0.25, 0.3) is 0 Å². The summed E-state index contributed by atoms with van der Waals surface area (Å²) in [6, 6.07) is 17.8. The number of hydrogen-bond acceptors (Lipinski definition) is 5. The largest absolute Gasteiger partial charge is 0.489 e. The lowest BCUT2D eigenvalue weighted by molar-refractivity contribution is -0.384. The topological polar surface area (TPSA) is 93.8 Å². The van der Waals surface area contributed by atoms with Gasteiger partial charge in [-0.1, -0.05) is 35.3 Å². The maximum Gasteiger partial charge on any atom is 0.272 e. The summed E-state index contributed by atoms with van der Waals surface area (Å²) in [5.41, 5.74) is 4.20. The number of nitrogens with one attached hydrogen (secondary N) is 1. The molecule has 0 unspecified atom stereocenters. The van der Waals surface area contributed by atoms with E-state index in [-0.39, 0.29) is 22.9 Å². The number of ether oxygens (including phenoxy) is 1. The minimum Gasteiger partial charge on any atom is -0.489 e. The zero-order valence-corrected chi connectivity index (χ0v) is 16.9. The van der Waals surface area contributed by atoms with Crippen molar-refractivity contribution in [2.24, 2.45) is 5.10 Å². The number of non-ortho nitro benzene ring substituents is 1. The molecule has 0 aliphatic carbocycles. The molecule has 0 heterocycles. The summed E-state index contributed by atoms with van der Waals surface area (Å²) in [6.07, 6.45) is 1.47. The summed E-state index contributed by atoms with van der Waals surface area (Å²) >= 11 is 11.8. The summed E-state index contributed by atoms with van der Waals surface area (Å²) < 4.78 is 5.71. The molecule has 7 nitrogen and oxygen atoms in total. The highest BCUT2D eigenvalue weighted by Gasteiger charge is 2.09. The molecule has 0 spiro atoms. The van der Waals surface area contributed by atoms with Crippen molar-refractivity contribution in [3.63, 3.8) is 0 Å². The summed E-state index contributed by atoms with van der Waals surface area (Å²) in [5, 5.41) is 15.3. The molecule has 9 heteroatoms. The number of nitro groups is 1. The number of benzene rings is 3. The average molecular weight is 444 g/mol. The summed E-state index contributed by atoms with van der Waals surface area (Å²) in [6.45, 7) is 0.254. The molecule has 0 fully saturated rings. The van der Waals surface area contributed by atoms with E-state index in [1.807, 2.05) is 0 Å². The lowest BCUT2D eigenvalue weighted by Crippen LogP contribution is -2.18. The van der Waals surface area contributed by atoms with E-state index in [1.54, 1.807) is 42.5 Å². The predicted molar refractivity (Wildman–Crippen MR) is 115 cm³/mol. The first-order chi connectivity index (χ1) is 14.4. The van der Waals surface area contributed by atoms with Gasteiger partial charge in [0.05, 0.1) is 21.7 Å². The second-order valence-electron chi connectivity index (χ2n) is 6.11. The molecule has 0 saturated heterocycles. The molecule has 0 aliphatic heterocycles. The Kier molecular flexibility index (Phi) is 7.00. The molecule has 3 rings (SSSR count). The maximum atomic E-state index is 12.1. The SMILES string of the molecule is O=C(N/N=C\c1cccc(OCc2ccc([N+](=O)[O-])cc2)c1)c1ccc(Cl)cc1Cl. The van der Waals surface area contributed by atoms with Crippen LogP contribution < -0.4 is 10.2 Å². The van der Waals surface area contributed by atoms with Gasteiger partial charge < -0.3 is 4.74 Å². The minimum absolute atomic E-state index is 0.0268. The minimum atomic E-state index is -0.460. The molecule has 152 valence electrons. The first-order valence-electron chi connectivity index (χ1n) is 8.67. The number of carbonyl (C=O) groups excluding carboxylic acids is 1. The second-order valence-corrected chi connectivity index (χ2v) is 6.95. The van der Waals surface area contributed by atoms with E-state index in [1.165, 1.54) is 30.5 Å². The third kappa shape index (κ3) is 5.79. The fourth-order valence-corrected chi connectivity index (χ4v) is 2.96. The summed E-state index contributed by atoms with van der Waals surface area (Å²) in [5.74, 6) is 0.128. The average Bonchev–Trinajstić information content (AvgIpc) is 2.73. The van der Waals surface area contributed by atoms with E-state index in [0.717, 1.165) is 5.56 Å². The number of hydrazone groups is 1. The number of amides is 1. The van der Waals surface area contributed by atoms with Crippen molar-refractivity contribution in [2.45, 2.75) is 6.61 Å². The Labute approximate surface area is 182 Å². The molecule has 0 radical (unpaired) electrons. The summed E-state index contributed by atoms with van der Waals surface area (Å²) in [7, 11) is 0. The van der Waals surface area contributed by atoms with Crippen LogP contribution in [0.2, 0.25) is 10.0 Å². The first kappa shape index (κ1) is 21.3. The van der Waals surface area contributed by atoms with E-state index in [9.17, 15) is 14.9 Å². The van der Waals surface area contributed by atoms with Gasteiger partial charge in [-0.2, -0.15) is 5.10 Å². The summed E-state index contributed by atoms with van der Waals surface area (Å²) in [4.78, 5) is 22.4. The van der Waals surface area contributed by atoms with E-state index >= 15 is 0 Å². The van der Waals surface area contributed by atoms with Crippen LogP contribution in [0.15, 0.2) is 71.8 Å². The fraction of sp³-hybridized carbons (Fsp3) is 0.0476. The monoisotopic (exact) mass is 443 g/mol. The molecule has 30 heavy (non-hydrogen) atoms. The van der Waals surface area contributed by atoms with Crippen molar-refractivity contribution < 1.29 is 14.5 Å². The van der Waals surface area contributed by atoms with Gasteiger partial charge in [-0.15, -0.1) is 0 Å². The number of rotatable bonds is 7. The molecule has 1 N–H and O–H groups in total. The smallest absolute Gasteiger partial charge is 0.272 e. The molecule has 1 amide bonds. The van der Waals surface area contributed by atoms with Crippen molar-refractivity contribution in [2.75, 3.05) is 0 Å². The quantitative estimate of drug-likeness (QED) is 0.306. The first-order valence-corrected chi connectivity index (χ1v) is 9.42. The van der Waals surface area contributed by atoms with Crippen molar-refractivity contribution in [3.8, 4) is 5.75 Å². The molecule has 0 atom stereocenters. The molecular weight excluding hydrogens is 429 g/mol. The van der Waals surface area contributed by atoms with E-state index in [4.69, 9.17) is 27.9 Å². The second kappa shape index (κ2) is 9.87. The van der Waals surface area contributed by atoms with Crippen LogP contribution in [-0.2, 0) is 6.61 Å². The van der Waals surface area contributed by atoms with Crippen LogP contribution in [0.1, 0.15) is 21.5 Å². The molecule has 3 aromatic carbocycles. The third-order valence-electron chi connectivity index (χ3n) is 3.97. The third-order valence-corrected chi connectivity index (χ3v) is 4.51. The van der Waals surface area contributed by atoms with Gasteiger partial charge in [0.25, 0.3) is 11.6 Å². The molecule has 0 saturated carbocycles.